The number of hydrogen-bond donors (Lipinski definition) is 3. The summed E-state index contributed by atoms with van der Waals surface area (Å²) in [5.74, 6) is -0.962. The minimum absolute atomic E-state index is 0.0951. The standard InChI is InChI=1S/C34H32BrN3O3S/c1-4-25-15-8-11-22(2)31(25)38-32(39)23(3)42-29-18-10-17-28(21-29)36-34(41)30(20-24-12-9-16-27(35)19-24)37-33(40)26-13-6-5-7-14-26/h5-21,23H,4H2,1-3H3,(H,36,41)(H,37,40)(H,38,39)/b30-20+. The second kappa shape index (κ2) is 14.7. The van der Waals surface area contributed by atoms with E-state index < -0.39 is 11.8 Å². The number of nitrogens with one attached hydrogen (secondary N) is 3. The molecule has 0 saturated carbocycles. The van der Waals surface area contributed by atoms with E-state index in [2.05, 4.69) is 38.8 Å². The minimum atomic E-state index is -0.473. The Balaban J connectivity index is 1.49. The van der Waals surface area contributed by atoms with Crippen LogP contribution in [0.4, 0.5) is 11.4 Å². The number of para-hydroxylation sites is 1. The summed E-state index contributed by atoms with van der Waals surface area (Å²) in [6.45, 7) is 5.91. The second-order valence-electron chi connectivity index (χ2n) is 9.63. The first-order valence-electron chi connectivity index (χ1n) is 13.5. The third-order valence-corrected chi connectivity index (χ3v) is 8.04. The molecule has 8 heteroatoms. The first-order chi connectivity index (χ1) is 20.2. The van der Waals surface area contributed by atoms with E-state index in [4.69, 9.17) is 0 Å². The van der Waals surface area contributed by atoms with Crippen LogP contribution in [-0.4, -0.2) is 23.0 Å². The zero-order valence-electron chi connectivity index (χ0n) is 23.6. The monoisotopic (exact) mass is 641 g/mol. The van der Waals surface area contributed by atoms with Gasteiger partial charge in [-0.15, -0.1) is 11.8 Å². The molecule has 1 atom stereocenters. The molecule has 0 aliphatic heterocycles. The Hall–Kier alpha value is -4.14. The number of halogens is 1. The van der Waals surface area contributed by atoms with Gasteiger partial charge in [0.2, 0.25) is 5.91 Å². The average Bonchev–Trinajstić information content (AvgIpc) is 2.98. The highest BCUT2D eigenvalue weighted by Crippen LogP contribution is 2.28. The van der Waals surface area contributed by atoms with Crippen molar-refractivity contribution in [3.05, 3.63) is 129 Å². The molecule has 0 spiro atoms. The van der Waals surface area contributed by atoms with Gasteiger partial charge >= 0.3 is 0 Å². The topological polar surface area (TPSA) is 87.3 Å². The van der Waals surface area contributed by atoms with Gasteiger partial charge in [-0.05, 0) is 85.5 Å². The first kappa shape index (κ1) is 30.8. The van der Waals surface area contributed by atoms with Gasteiger partial charge in [0.25, 0.3) is 11.8 Å². The van der Waals surface area contributed by atoms with E-state index in [0.717, 1.165) is 38.2 Å². The summed E-state index contributed by atoms with van der Waals surface area (Å²) in [6.07, 6.45) is 2.45. The molecular weight excluding hydrogens is 610 g/mol. The lowest BCUT2D eigenvalue weighted by Crippen LogP contribution is -2.30. The van der Waals surface area contributed by atoms with Gasteiger partial charge in [-0.1, -0.05) is 77.5 Å². The van der Waals surface area contributed by atoms with Crippen molar-refractivity contribution >= 4 is 62.9 Å². The smallest absolute Gasteiger partial charge is 0.272 e. The predicted octanol–water partition coefficient (Wildman–Crippen LogP) is 7.85. The summed E-state index contributed by atoms with van der Waals surface area (Å²) < 4.78 is 0.849. The SMILES string of the molecule is CCc1cccc(C)c1NC(=O)C(C)Sc1cccc(NC(=O)/C(=C\c2cccc(Br)c2)NC(=O)c2ccccc2)c1. The number of carbonyl (C=O) groups excluding carboxylic acids is 3. The van der Waals surface area contributed by atoms with Crippen LogP contribution in [0.1, 0.15) is 40.9 Å². The van der Waals surface area contributed by atoms with E-state index in [1.54, 1.807) is 36.4 Å². The molecule has 1 unspecified atom stereocenters. The van der Waals surface area contributed by atoms with Crippen LogP contribution in [0, 0.1) is 6.92 Å². The molecule has 42 heavy (non-hydrogen) atoms. The van der Waals surface area contributed by atoms with Gasteiger partial charge in [0, 0.05) is 26.3 Å². The number of amides is 3. The van der Waals surface area contributed by atoms with Crippen molar-refractivity contribution in [2.24, 2.45) is 0 Å². The largest absolute Gasteiger partial charge is 0.325 e. The fourth-order valence-electron chi connectivity index (χ4n) is 4.24. The normalized spacial score (nSPS) is 11.9. The molecule has 4 aromatic rings. The van der Waals surface area contributed by atoms with Crippen LogP contribution in [0.3, 0.4) is 0 Å². The lowest BCUT2D eigenvalue weighted by molar-refractivity contribution is -0.115. The highest BCUT2D eigenvalue weighted by atomic mass is 79.9. The van der Waals surface area contributed by atoms with Crippen LogP contribution < -0.4 is 16.0 Å². The predicted molar refractivity (Wildman–Crippen MR) is 176 cm³/mol. The molecule has 0 fully saturated rings. The summed E-state index contributed by atoms with van der Waals surface area (Å²) in [5.41, 5.74) is 4.80. The number of hydrogen-bond acceptors (Lipinski definition) is 4. The van der Waals surface area contributed by atoms with E-state index in [9.17, 15) is 14.4 Å². The molecule has 4 rings (SSSR count). The summed E-state index contributed by atoms with van der Waals surface area (Å²) in [7, 11) is 0. The zero-order valence-corrected chi connectivity index (χ0v) is 26.0. The summed E-state index contributed by atoms with van der Waals surface area (Å²) >= 11 is 4.85. The number of carbonyl (C=O) groups is 3. The number of rotatable bonds is 10. The van der Waals surface area contributed by atoms with Gasteiger partial charge < -0.3 is 16.0 Å². The number of aryl methyl sites for hydroxylation is 2. The van der Waals surface area contributed by atoms with Gasteiger partial charge in [0.1, 0.15) is 5.70 Å². The Kier molecular flexibility index (Phi) is 10.8. The van der Waals surface area contributed by atoms with Crippen molar-refractivity contribution in [2.45, 2.75) is 37.3 Å². The third-order valence-electron chi connectivity index (χ3n) is 6.45. The Morgan fingerprint density at radius 2 is 1.62 bits per heavy atom. The van der Waals surface area contributed by atoms with E-state index in [0.29, 0.717) is 11.3 Å². The Labute approximate surface area is 259 Å². The van der Waals surface area contributed by atoms with Crippen LogP contribution >= 0.6 is 27.7 Å². The maximum atomic E-state index is 13.4. The molecule has 4 aromatic carbocycles. The molecule has 0 aromatic heterocycles. The maximum Gasteiger partial charge on any atom is 0.272 e. The van der Waals surface area contributed by atoms with E-state index >= 15 is 0 Å². The van der Waals surface area contributed by atoms with E-state index in [-0.39, 0.29) is 16.9 Å². The third kappa shape index (κ3) is 8.44. The fraction of sp³-hybridized carbons (Fsp3) is 0.147. The fourth-order valence-corrected chi connectivity index (χ4v) is 5.58. The van der Waals surface area contributed by atoms with Gasteiger partial charge in [-0.2, -0.15) is 0 Å². The summed E-state index contributed by atoms with van der Waals surface area (Å²) in [6, 6.07) is 29.4. The molecule has 0 aliphatic carbocycles. The number of anilines is 2. The Morgan fingerprint density at radius 3 is 2.36 bits per heavy atom. The quantitative estimate of drug-likeness (QED) is 0.122. The van der Waals surface area contributed by atoms with E-state index in [1.165, 1.54) is 11.8 Å². The lowest BCUT2D eigenvalue weighted by atomic mass is 10.1. The molecule has 0 heterocycles. The van der Waals surface area contributed by atoms with Crippen molar-refractivity contribution in [3.63, 3.8) is 0 Å². The molecular formula is C34H32BrN3O3S. The first-order valence-corrected chi connectivity index (χ1v) is 15.2. The molecule has 0 bridgehead atoms. The summed E-state index contributed by atoms with van der Waals surface area (Å²) in [4.78, 5) is 40.2. The zero-order chi connectivity index (χ0) is 30.1. The van der Waals surface area contributed by atoms with Crippen molar-refractivity contribution in [1.29, 1.82) is 0 Å². The highest BCUT2D eigenvalue weighted by molar-refractivity contribution is 9.10. The van der Waals surface area contributed by atoms with Crippen LogP contribution in [0.25, 0.3) is 6.08 Å². The molecule has 3 N–H and O–H groups in total. The molecule has 214 valence electrons. The van der Waals surface area contributed by atoms with Gasteiger partial charge in [-0.3, -0.25) is 14.4 Å². The van der Waals surface area contributed by atoms with Crippen molar-refractivity contribution < 1.29 is 14.4 Å². The summed E-state index contributed by atoms with van der Waals surface area (Å²) in [5, 5.41) is 8.36. The lowest BCUT2D eigenvalue weighted by Gasteiger charge is -2.17. The van der Waals surface area contributed by atoms with Crippen LogP contribution in [-0.2, 0) is 16.0 Å². The Morgan fingerprint density at radius 1 is 0.881 bits per heavy atom. The molecule has 0 saturated heterocycles. The van der Waals surface area contributed by atoms with Crippen molar-refractivity contribution in [3.8, 4) is 0 Å². The molecule has 0 radical (unpaired) electrons. The molecule has 6 nitrogen and oxygen atoms in total. The van der Waals surface area contributed by atoms with Gasteiger partial charge in [-0.25, -0.2) is 0 Å². The van der Waals surface area contributed by atoms with Crippen molar-refractivity contribution in [1.82, 2.24) is 5.32 Å². The van der Waals surface area contributed by atoms with E-state index in [1.807, 2.05) is 80.6 Å². The van der Waals surface area contributed by atoms with Gasteiger partial charge in [0.15, 0.2) is 0 Å². The van der Waals surface area contributed by atoms with Crippen molar-refractivity contribution in [2.75, 3.05) is 10.6 Å². The molecule has 3 amide bonds. The number of thioether (sulfide) groups is 1. The van der Waals surface area contributed by atoms with Gasteiger partial charge in [0.05, 0.1) is 5.25 Å². The number of benzene rings is 4. The van der Waals surface area contributed by atoms with Crippen LogP contribution in [0.5, 0.6) is 0 Å². The second-order valence-corrected chi connectivity index (χ2v) is 12.0. The minimum Gasteiger partial charge on any atom is -0.325 e. The highest BCUT2D eigenvalue weighted by Gasteiger charge is 2.18. The Bertz CT molecular complexity index is 1620. The maximum absolute atomic E-state index is 13.4. The molecule has 0 aliphatic rings. The average molecular weight is 643 g/mol. The van der Waals surface area contributed by atoms with Crippen LogP contribution in [0.15, 0.2) is 112 Å². The van der Waals surface area contributed by atoms with Crippen LogP contribution in [0.2, 0.25) is 0 Å².